The summed E-state index contributed by atoms with van der Waals surface area (Å²) < 4.78 is 0. The van der Waals surface area contributed by atoms with Crippen LogP contribution in [0.4, 0.5) is 5.82 Å². The maximum atomic E-state index is 13.0. The number of nitrogens with zero attached hydrogens (tertiary/aromatic N) is 5. The normalized spacial score (nSPS) is 14.5. The molecule has 1 aliphatic heterocycles. The molecule has 30 heavy (non-hydrogen) atoms. The zero-order chi connectivity index (χ0) is 20.8. The minimum atomic E-state index is -0.187. The Kier molecular flexibility index (Phi) is 6.29. The molecule has 2 aromatic heterocycles. The first-order valence-electron chi connectivity index (χ1n) is 10.3. The molecular weight excluding hydrogens is 376 g/mol. The molecule has 0 bridgehead atoms. The van der Waals surface area contributed by atoms with Crippen LogP contribution in [0.2, 0.25) is 0 Å². The number of aromatic nitrogens is 3. The number of piperazine rings is 1. The highest BCUT2D eigenvalue weighted by Gasteiger charge is 2.23. The third kappa shape index (κ3) is 4.63. The molecule has 0 unspecified atom stereocenters. The number of benzene rings is 1. The Morgan fingerprint density at radius 2 is 1.77 bits per heavy atom. The van der Waals surface area contributed by atoms with Gasteiger partial charge < -0.3 is 15.1 Å². The minimum absolute atomic E-state index is 0.187. The molecule has 0 spiro atoms. The van der Waals surface area contributed by atoms with Crippen LogP contribution in [0.1, 0.15) is 23.0 Å². The highest BCUT2D eigenvalue weighted by Crippen LogP contribution is 2.23. The van der Waals surface area contributed by atoms with E-state index in [2.05, 4.69) is 32.0 Å². The molecule has 0 atom stereocenters. The monoisotopic (exact) mass is 402 g/mol. The second-order valence-electron chi connectivity index (χ2n) is 7.22. The van der Waals surface area contributed by atoms with Crippen molar-refractivity contribution < 1.29 is 4.79 Å². The van der Waals surface area contributed by atoms with Crippen LogP contribution in [0, 0.1) is 0 Å². The number of amides is 1. The summed E-state index contributed by atoms with van der Waals surface area (Å²) in [5.41, 5.74) is 2.24. The van der Waals surface area contributed by atoms with Gasteiger partial charge in [0, 0.05) is 44.1 Å². The smallest absolute Gasteiger partial charge is 0.256 e. The second kappa shape index (κ2) is 9.45. The maximum absolute atomic E-state index is 13.0. The highest BCUT2D eigenvalue weighted by atomic mass is 16.1. The lowest BCUT2D eigenvalue weighted by Crippen LogP contribution is -2.47. The average Bonchev–Trinajstić information content (AvgIpc) is 2.83. The fraction of sp³-hybridized carbons (Fsp3) is 0.304. The van der Waals surface area contributed by atoms with Crippen molar-refractivity contribution in [3.8, 4) is 11.4 Å². The number of carbonyl (C=O) groups is 1. The third-order valence-electron chi connectivity index (χ3n) is 5.32. The van der Waals surface area contributed by atoms with E-state index in [9.17, 15) is 4.79 Å². The minimum Gasteiger partial charge on any atom is -0.353 e. The molecule has 1 fully saturated rings. The van der Waals surface area contributed by atoms with Gasteiger partial charge >= 0.3 is 0 Å². The first-order valence-corrected chi connectivity index (χ1v) is 10.3. The average molecular weight is 403 g/mol. The Morgan fingerprint density at radius 1 is 1.00 bits per heavy atom. The molecule has 7 nitrogen and oxygen atoms in total. The lowest BCUT2D eigenvalue weighted by atomic mass is 10.2. The molecule has 1 saturated heterocycles. The van der Waals surface area contributed by atoms with Gasteiger partial charge in [-0.1, -0.05) is 43.3 Å². The van der Waals surface area contributed by atoms with E-state index in [0.29, 0.717) is 23.8 Å². The van der Waals surface area contributed by atoms with E-state index in [1.165, 1.54) is 0 Å². The van der Waals surface area contributed by atoms with Crippen molar-refractivity contribution in [1.82, 2.24) is 25.2 Å². The van der Waals surface area contributed by atoms with Gasteiger partial charge in [-0.25, -0.2) is 9.97 Å². The molecule has 4 rings (SSSR count). The second-order valence-corrected chi connectivity index (χ2v) is 7.22. The van der Waals surface area contributed by atoms with Crippen molar-refractivity contribution in [3.63, 3.8) is 0 Å². The number of nitrogens with one attached hydrogen (secondary N) is 1. The Morgan fingerprint density at radius 3 is 2.47 bits per heavy atom. The number of pyridine rings is 1. The van der Waals surface area contributed by atoms with Crippen LogP contribution in [0.15, 0.2) is 60.9 Å². The van der Waals surface area contributed by atoms with Gasteiger partial charge in [-0.05, 0) is 18.7 Å². The van der Waals surface area contributed by atoms with E-state index in [1.54, 1.807) is 12.4 Å². The molecule has 1 N–H and O–H groups in total. The van der Waals surface area contributed by atoms with Gasteiger partial charge in [0.2, 0.25) is 0 Å². The Bertz CT molecular complexity index is 971. The summed E-state index contributed by atoms with van der Waals surface area (Å²) in [5, 5.41) is 2.96. The van der Waals surface area contributed by atoms with Crippen LogP contribution in [0.25, 0.3) is 11.4 Å². The SMILES string of the molecule is CCN1CCN(c2nc(-c3ccccc3)ncc2C(=O)NCc2ccccn2)CC1. The zero-order valence-electron chi connectivity index (χ0n) is 17.2. The van der Waals surface area contributed by atoms with Crippen LogP contribution >= 0.6 is 0 Å². The molecule has 3 aromatic rings. The van der Waals surface area contributed by atoms with Gasteiger partial charge in [0.05, 0.1) is 12.2 Å². The van der Waals surface area contributed by atoms with Crippen molar-refractivity contribution in [2.24, 2.45) is 0 Å². The van der Waals surface area contributed by atoms with Gasteiger partial charge in [0.15, 0.2) is 5.82 Å². The van der Waals surface area contributed by atoms with Crippen LogP contribution < -0.4 is 10.2 Å². The summed E-state index contributed by atoms with van der Waals surface area (Å²) in [6.07, 6.45) is 3.36. The number of hydrogen-bond acceptors (Lipinski definition) is 6. The van der Waals surface area contributed by atoms with Crippen molar-refractivity contribution >= 4 is 11.7 Å². The topological polar surface area (TPSA) is 74.2 Å². The summed E-state index contributed by atoms with van der Waals surface area (Å²) in [6.45, 7) is 7.14. The zero-order valence-corrected chi connectivity index (χ0v) is 17.2. The quantitative estimate of drug-likeness (QED) is 0.683. The number of rotatable bonds is 6. The van der Waals surface area contributed by atoms with E-state index < -0.39 is 0 Å². The first-order chi connectivity index (χ1) is 14.7. The first kappa shape index (κ1) is 20.0. The Hall–Kier alpha value is -3.32. The maximum Gasteiger partial charge on any atom is 0.256 e. The van der Waals surface area contributed by atoms with Crippen LogP contribution in [0.5, 0.6) is 0 Å². The van der Waals surface area contributed by atoms with Crippen molar-refractivity contribution in [1.29, 1.82) is 0 Å². The predicted octanol–water partition coefficient (Wildman–Crippen LogP) is 2.61. The fourth-order valence-electron chi connectivity index (χ4n) is 3.55. The standard InChI is InChI=1S/C23H26N6O/c1-2-28-12-14-29(15-13-28)22-20(23(30)26-16-19-10-6-7-11-24-19)17-25-21(27-22)18-8-4-3-5-9-18/h3-11,17H,2,12-16H2,1H3,(H,26,30). The third-order valence-corrected chi connectivity index (χ3v) is 5.32. The lowest BCUT2D eigenvalue weighted by molar-refractivity contribution is 0.0950. The molecule has 0 aliphatic carbocycles. The van der Waals surface area contributed by atoms with E-state index >= 15 is 0 Å². The Balaban J connectivity index is 1.60. The molecule has 0 radical (unpaired) electrons. The Labute approximate surface area is 176 Å². The van der Waals surface area contributed by atoms with Crippen molar-refractivity contribution in [3.05, 3.63) is 72.2 Å². The summed E-state index contributed by atoms with van der Waals surface area (Å²) in [6, 6.07) is 15.5. The molecule has 1 aromatic carbocycles. The van der Waals surface area contributed by atoms with Gasteiger partial charge in [0.1, 0.15) is 11.4 Å². The van der Waals surface area contributed by atoms with E-state index in [-0.39, 0.29) is 5.91 Å². The number of carbonyl (C=O) groups excluding carboxylic acids is 1. The lowest BCUT2D eigenvalue weighted by Gasteiger charge is -2.35. The number of likely N-dealkylation sites (N-methyl/N-ethyl adjacent to an activating group) is 1. The largest absolute Gasteiger partial charge is 0.353 e. The molecule has 3 heterocycles. The van der Waals surface area contributed by atoms with Gasteiger partial charge in [-0.3, -0.25) is 9.78 Å². The summed E-state index contributed by atoms with van der Waals surface area (Å²) in [7, 11) is 0. The predicted molar refractivity (Wildman–Crippen MR) is 117 cm³/mol. The molecule has 7 heteroatoms. The molecule has 1 amide bonds. The van der Waals surface area contributed by atoms with E-state index in [0.717, 1.165) is 44.0 Å². The highest BCUT2D eigenvalue weighted by molar-refractivity contribution is 5.98. The summed E-state index contributed by atoms with van der Waals surface area (Å²) in [4.78, 5) is 31.2. The summed E-state index contributed by atoms with van der Waals surface area (Å²) >= 11 is 0. The fourth-order valence-corrected chi connectivity index (χ4v) is 3.55. The van der Waals surface area contributed by atoms with Crippen molar-refractivity contribution in [2.75, 3.05) is 37.6 Å². The molecule has 0 saturated carbocycles. The van der Waals surface area contributed by atoms with E-state index in [1.807, 2.05) is 48.5 Å². The molecule has 1 aliphatic rings. The van der Waals surface area contributed by atoms with Crippen LogP contribution in [0.3, 0.4) is 0 Å². The molecular formula is C23H26N6O. The van der Waals surface area contributed by atoms with Crippen LogP contribution in [-0.2, 0) is 6.54 Å². The number of hydrogen-bond donors (Lipinski definition) is 1. The van der Waals surface area contributed by atoms with Crippen molar-refractivity contribution in [2.45, 2.75) is 13.5 Å². The van der Waals surface area contributed by atoms with Gasteiger partial charge in [-0.2, -0.15) is 0 Å². The van der Waals surface area contributed by atoms with Gasteiger partial charge in [-0.15, -0.1) is 0 Å². The van der Waals surface area contributed by atoms with Crippen LogP contribution in [-0.4, -0.2) is 58.5 Å². The molecule has 154 valence electrons. The summed E-state index contributed by atoms with van der Waals surface area (Å²) in [5.74, 6) is 1.14. The van der Waals surface area contributed by atoms with E-state index in [4.69, 9.17) is 4.98 Å². The number of anilines is 1. The van der Waals surface area contributed by atoms with Gasteiger partial charge in [0.25, 0.3) is 5.91 Å².